The van der Waals surface area contributed by atoms with Gasteiger partial charge in [0, 0.05) is 19.6 Å². The molecule has 2 fully saturated rings. The van der Waals surface area contributed by atoms with Crippen LogP contribution in [0, 0.1) is 5.41 Å². The Morgan fingerprint density at radius 1 is 1.41 bits per heavy atom. The normalized spacial score (nSPS) is 27.8. The van der Waals surface area contributed by atoms with E-state index in [1.807, 2.05) is 13.8 Å². The molecular weight excluding hydrogens is 212 g/mol. The van der Waals surface area contributed by atoms with Crippen molar-refractivity contribution < 1.29 is 6.22 Å². The highest BCUT2D eigenvalue weighted by Crippen LogP contribution is 2.56. The fourth-order valence-corrected chi connectivity index (χ4v) is 2.92. The fraction of sp³-hybridized carbons (Fsp3) is 0.929. The number of rotatable bonds is 2. The van der Waals surface area contributed by atoms with E-state index in [1.165, 1.54) is 12.8 Å². The van der Waals surface area contributed by atoms with Gasteiger partial charge in [0.05, 0.1) is 6.04 Å². The molecule has 1 aliphatic carbocycles. The van der Waals surface area contributed by atoms with Crippen molar-refractivity contribution in [2.75, 3.05) is 6.54 Å². The molecule has 1 aliphatic heterocycles. The lowest BCUT2D eigenvalue weighted by Gasteiger charge is -2.36. The van der Waals surface area contributed by atoms with Gasteiger partial charge < -0.3 is 5.32 Å². The molecule has 1 atom stereocenters. The second-order valence-corrected chi connectivity index (χ2v) is 7.18. The summed E-state index contributed by atoms with van der Waals surface area (Å²) in [6.07, 6.45) is 3.68. The molecule has 1 saturated heterocycles. The first kappa shape index (κ1) is 12.9. The number of carbonyl (C=O) groups excluding carboxylic acids is 1. The van der Waals surface area contributed by atoms with Crippen LogP contribution in [0.5, 0.6) is 0 Å². The maximum atomic E-state index is 12.3. The highest BCUT2D eigenvalue weighted by Gasteiger charge is 2.55. The summed E-state index contributed by atoms with van der Waals surface area (Å²) in [5.74, 6) is 0.221. The van der Waals surface area contributed by atoms with E-state index in [2.05, 4.69) is 31.0 Å². The van der Waals surface area contributed by atoms with Crippen LogP contribution in [-0.4, -0.2) is 35.0 Å². The standard InChI is InChI=1S/C14H26N2O.H2/c1-10(2)15-12(17)11-8-14(6-7-14)9-16(11)13(3,4)5;/h10-11H,6-9H2,1-5H3,(H,15,17);1H/t11-;/m0./s1. The van der Waals surface area contributed by atoms with Crippen molar-refractivity contribution in [2.24, 2.45) is 5.41 Å². The first-order valence-electron chi connectivity index (χ1n) is 6.81. The van der Waals surface area contributed by atoms with Crippen molar-refractivity contribution in [3.63, 3.8) is 0 Å². The molecule has 0 aromatic heterocycles. The number of nitrogens with zero attached hydrogens (tertiary/aromatic N) is 1. The first-order valence-corrected chi connectivity index (χ1v) is 6.81. The first-order chi connectivity index (χ1) is 7.73. The monoisotopic (exact) mass is 240 g/mol. The number of nitrogens with one attached hydrogen (secondary N) is 1. The van der Waals surface area contributed by atoms with E-state index >= 15 is 0 Å². The number of carbonyl (C=O) groups is 1. The van der Waals surface area contributed by atoms with Gasteiger partial charge in [-0.05, 0) is 59.3 Å². The van der Waals surface area contributed by atoms with Crippen molar-refractivity contribution >= 4 is 5.91 Å². The Kier molecular flexibility index (Phi) is 3.01. The van der Waals surface area contributed by atoms with E-state index < -0.39 is 0 Å². The summed E-state index contributed by atoms with van der Waals surface area (Å²) in [6, 6.07) is 0.319. The van der Waals surface area contributed by atoms with Crippen molar-refractivity contribution in [1.29, 1.82) is 0 Å². The SMILES string of the molecule is CC(C)NC(=O)[C@@H]1CC2(CC2)CN1C(C)(C)C.[HH]. The minimum Gasteiger partial charge on any atom is -0.353 e. The maximum absolute atomic E-state index is 12.3. The number of hydrogen-bond acceptors (Lipinski definition) is 2. The highest BCUT2D eigenvalue weighted by atomic mass is 16.2. The van der Waals surface area contributed by atoms with Crippen LogP contribution in [-0.2, 0) is 4.79 Å². The van der Waals surface area contributed by atoms with Crippen molar-refractivity contribution in [3.8, 4) is 0 Å². The predicted octanol–water partition coefficient (Wildman–Crippen LogP) is 2.41. The lowest BCUT2D eigenvalue weighted by Crippen LogP contribution is -2.52. The Labute approximate surface area is 106 Å². The van der Waals surface area contributed by atoms with E-state index in [-0.39, 0.29) is 25.0 Å². The zero-order valence-electron chi connectivity index (χ0n) is 11.8. The average Bonchev–Trinajstić information content (AvgIpc) is 2.73. The Morgan fingerprint density at radius 2 is 2.00 bits per heavy atom. The number of likely N-dealkylation sites (tertiary alicyclic amines) is 1. The minimum atomic E-state index is 0. The van der Waals surface area contributed by atoms with Crippen LogP contribution in [0.3, 0.4) is 0 Å². The van der Waals surface area contributed by atoms with Crippen molar-refractivity contribution in [3.05, 3.63) is 0 Å². The van der Waals surface area contributed by atoms with Gasteiger partial charge >= 0.3 is 0 Å². The molecule has 0 radical (unpaired) electrons. The molecule has 0 unspecified atom stereocenters. The van der Waals surface area contributed by atoms with E-state index in [4.69, 9.17) is 0 Å². The Balaban J connectivity index is 0.00000162. The molecule has 1 amide bonds. The lowest BCUT2D eigenvalue weighted by atomic mass is 10.0. The highest BCUT2D eigenvalue weighted by molar-refractivity contribution is 5.82. The molecule has 0 aromatic carbocycles. The molecular formula is C14H28N2O. The number of amides is 1. The largest absolute Gasteiger partial charge is 0.353 e. The Bertz CT molecular complexity index is 318. The van der Waals surface area contributed by atoms with E-state index in [9.17, 15) is 4.79 Å². The average molecular weight is 240 g/mol. The molecule has 0 bridgehead atoms. The second kappa shape index (κ2) is 3.98. The van der Waals surface area contributed by atoms with Crippen molar-refractivity contribution in [2.45, 2.75) is 71.5 Å². The quantitative estimate of drug-likeness (QED) is 0.804. The fourth-order valence-electron chi connectivity index (χ4n) is 2.92. The zero-order valence-corrected chi connectivity index (χ0v) is 11.8. The lowest BCUT2D eigenvalue weighted by molar-refractivity contribution is -0.127. The van der Waals surface area contributed by atoms with Gasteiger partial charge in [0.15, 0.2) is 0 Å². The molecule has 1 spiro atoms. The predicted molar refractivity (Wildman–Crippen MR) is 71.9 cm³/mol. The molecule has 100 valence electrons. The summed E-state index contributed by atoms with van der Waals surface area (Å²) in [4.78, 5) is 14.7. The van der Waals surface area contributed by atoms with Crippen LogP contribution in [0.15, 0.2) is 0 Å². The molecule has 1 heterocycles. The summed E-state index contributed by atoms with van der Waals surface area (Å²) in [5, 5.41) is 3.07. The molecule has 1 N–H and O–H groups in total. The van der Waals surface area contributed by atoms with Crippen LogP contribution in [0.1, 0.15) is 55.3 Å². The summed E-state index contributed by atoms with van der Waals surface area (Å²) >= 11 is 0. The summed E-state index contributed by atoms with van der Waals surface area (Å²) in [5.41, 5.74) is 0.567. The van der Waals surface area contributed by atoms with Gasteiger partial charge in [0.1, 0.15) is 0 Å². The van der Waals surface area contributed by atoms with Gasteiger partial charge in [-0.1, -0.05) is 0 Å². The Hall–Kier alpha value is -0.570. The topological polar surface area (TPSA) is 32.3 Å². The molecule has 3 nitrogen and oxygen atoms in total. The van der Waals surface area contributed by atoms with Crippen molar-refractivity contribution in [1.82, 2.24) is 10.2 Å². The summed E-state index contributed by atoms with van der Waals surface area (Å²) in [6.45, 7) is 11.8. The van der Waals surface area contributed by atoms with Gasteiger partial charge in [-0.3, -0.25) is 9.69 Å². The third-order valence-electron chi connectivity index (χ3n) is 4.06. The molecule has 17 heavy (non-hydrogen) atoms. The van der Waals surface area contributed by atoms with Gasteiger partial charge in [-0.15, -0.1) is 0 Å². The zero-order chi connectivity index (χ0) is 12.8. The van der Waals surface area contributed by atoms with Crippen LogP contribution in [0.25, 0.3) is 0 Å². The van der Waals surface area contributed by atoms with Gasteiger partial charge in [0.25, 0.3) is 0 Å². The van der Waals surface area contributed by atoms with Crippen LogP contribution >= 0.6 is 0 Å². The van der Waals surface area contributed by atoms with E-state index in [0.717, 1.165) is 13.0 Å². The van der Waals surface area contributed by atoms with E-state index in [0.29, 0.717) is 5.41 Å². The molecule has 2 rings (SSSR count). The third kappa shape index (κ3) is 2.65. The molecule has 3 heteroatoms. The summed E-state index contributed by atoms with van der Waals surface area (Å²) < 4.78 is 0. The van der Waals surface area contributed by atoms with Gasteiger partial charge in [0.2, 0.25) is 5.91 Å². The van der Waals surface area contributed by atoms with Gasteiger partial charge in [-0.25, -0.2) is 0 Å². The molecule has 2 aliphatic rings. The molecule has 0 aromatic rings. The minimum absolute atomic E-state index is 0. The smallest absolute Gasteiger partial charge is 0.237 e. The third-order valence-corrected chi connectivity index (χ3v) is 4.06. The van der Waals surface area contributed by atoms with Crippen LogP contribution in [0.4, 0.5) is 0 Å². The van der Waals surface area contributed by atoms with Crippen LogP contribution < -0.4 is 5.32 Å². The maximum Gasteiger partial charge on any atom is 0.237 e. The second-order valence-electron chi connectivity index (χ2n) is 7.18. The van der Waals surface area contributed by atoms with E-state index in [1.54, 1.807) is 0 Å². The van der Waals surface area contributed by atoms with Gasteiger partial charge in [-0.2, -0.15) is 0 Å². The summed E-state index contributed by atoms with van der Waals surface area (Å²) in [7, 11) is 0. The molecule has 1 saturated carbocycles. The number of hydrogen-bond donors (Lipinski definition) is 1. The Morgan fingerprint density at radius 3 is 2.41 bits per heavy atom. The van der Waals surface area contributed by atoms with Crippen LogP contribution in [0.2, 0.25) is 0 Å².